The van der Waals surface area contributed by atoms with Gasteiger partial charge in [0.25, 0.3) is 0 Å². The summed E-state index contributed by atoms with van der Waals surface area (Å²) in [6.07, 6.45) is 4.57. The molecule has 0 saturated carbocycles. The summed E-state index contributed by atoms with van der Waals surface area (Å²) in [6, 6.07) is 19.5. The van der Waals surface area contributed by atoms with Crippen LogP contribution in [0.15, 0.2) is 60.8 Å². The minimum absolute atomic E-state index is 0.872. The van der Waals surface area contributed by atoms with Gasteiger partial charge < -0.3 is 0 Å². The van der Waals surface area contributed by atoms with Crippen LogP contribution >= 0.6 is 0 Å². The molecule has 0 radical (unpaired) electrons. The highest BCUT2D eigenvalue weighted by molar-refractivity contribution is 5.96. The van der Waals surface area contributed by atoms with E-state index in [4.69, 9.17) is 0 Å². The molecule has 0 bridgehead atoms. The molecule has 0 amide bonds. The molecule has 0 atom stereocenters. The Morgan fingerprint density at radius 1 is 1.00 bits per heavy atom. The van der Waals surface area contributed by atoms with Crippen LogP contribution in [-0.2, 0) is 6.54 Å². The summed E-state index contributed by atoms with van der Waals surface area (Å²) in [5.41, 5.74) is 3.74. The maximum atomic E-state index is 4.62. The van der Waals surface area contributed by atoms with Crippen LogP contribution in [-0.4, -0.2) is 23.0 Å². The minimum Gasteiger partial charge on any atom is -0.297 e. The molecule has 1 aliphatic rings. The van der Waals surface area contributed by atoms with Crippen molar-refractivity contribution in [3.63, 3.8) is 0 Å². The third-order valence-corrected chi connectivity index (χ3v) is 5.18. The summed E-state index contributed by atoms with van der Waals surface area (Å²) < 4.78 is 0. The first-order chi connectivity index (χ1) is 11.8. The summed E-state index contributed by atoms with van der Waals surface area (Å²) in [5.74, 6) is 0.872. The third kappa shape index (κ3) is 3.20. The molecular formula is C22H24N2. The predicted molar refractivity (Wildman–Crippen MR) is 101 cm³/mol. The molecule has 0 spiro atoms. The van der Waals surface area contributed by atoms with Gasteiger partial charge in [0.2, 0.25) is 0 Å². The summed E-state index contributed by atoms with van der Waals surface area (Å²) >= 11 is 0. The number of rotatable bonds is 3. The molecule has 1 saturated heterocycles. The van der Waals surface area contributed by atoms with Crippen molar-refractivity contribution >= 4 is 10.8 Å². The molecule has 2 heteroatoms. The van der Waals surface area contributed by atoms with E-state index in [0.717, 1.165) is 12.5 Å². The fraction of sp³-hybridized carbons (Fsp3) is 0.318. The van der Waals surface area contributed by atoms with Crippen LogP contribution in [0.3, 0.4) is 0 Å². The van der Waals surface area contributed by atoms with Gasteiger partial charge in [-0.25, -0.2) is 0 Å². The highest BCUT2D eigenvalue weighted by atomic mass is 15.1. The largest absolute Gasteiger partial charge is 0.297 e. The Morgan fingerprint density at radius 2 is 1.79 bits per heavy atom. The van der Waals surface area contributed by atoms with Gasteiger partial charge in [-0.15, -0.1) is 0 Å². The predicted octanol–water partition coefficient (Wildman–Crippen LogP) is 5.13. The van der Waals surface area contributed by atoms with E-state index in [1.165, 1.54) is 53.5 Å². The number of benzene rings is 2. The molecule has 2 aromatic carbocycles. The fourth-order valence-corrected chi connectivity index (χ4v) is 3.66. The second kappa shape index (κ2) is 6.74. The summed E-state index contributed by atoms with van der Waals surface area (Å²) in [5, 5.41) is 2.60. The normalized spacial score (nSPS) is 16.5. The summed E-state index contributed by atoms with van der Waals surface area (Å²) in [7, 11) is 0. The highest BCUT2D eigenvalue weighted by Gasteiger charge is 2.16. The molecule has 2 heterocycles. The smallest absolute Gasteiger partial charge is 0.0550 e. The van der Waals surface area contributed by atoms with E-state index in [-0.39, 0.29) is 0 Å². The molecule has 3 aromatic rings. The van der Waals surface area contributed by atoms with E-state index in [0.29, 0.717) is 0 Å². The molecule has 1 aromatic heterocycles. The Bertz CT molecular complexity index is 827. The van der Waals surface area contributed by atoms with E-state index >= 15 is 0 Å². The first-order valence-electron chi connectivity index (χ1n) is 8.95. The lowest BCUT2D eigenvalue weighted by molar-refractivity contribution is 0.183. The second-order valence-corrected chi connectivity index (χ2v) is 7.02. The van der Waals surface area contributed by atoms with Crippen LogP contribution in [0.25, 0.3) is 21.9 Å². The number of aromatic nitrogens is 1. The number of fused-ring (bicyclic) bond motifs is 1. The van der Waals surface area contributed by atoms with Gasteiger partial charge >= 0.3 is 0 Å². The van der Waals surface area contributed by atoms with Gasteiger partial charge in [-0.2, -0.15) is 0 Å². The van der Waals surface area contributed by atoms with Crippen LogP contribution in [0.5, 0.6) is 0 Å². The molecule has 4 rings (SSSR count). The Morgan fingerprint density at radius 3 is 2.67 bits per heavy atom. The zero-order chi connectivity index (χ0) is 16.4. The Balaban J connectivity index is 1.62. The van der Waals surface area contributed by atoms with Crippen LogP contribution in [0.1, 0.15) is 25.5 Å². The molecular weight excluding hydrogens is 292 g/mol. The van der Waals surface area contributed by atoms with Gasteiger partial charge in [0.15, 0.2) is 0 Å². The number of piperidine rings is 1. The van der Waals surface area contributed by atoms with Crippen molar-refractivity contribution in [3.05, 3.63) is 66.5 Å². The second-order valence-electron chi connectivity index (χ2n) is 7.02. The Kier molecular flexibility index (Phi) is 4.31. The fourth-order valence-electron chi connectivity index (χ4n) is 3.66. The molecule has 0 aliphatic carbocycles. The van der Waals surface area contributed by atoms with E-state index in [1.54, 1.807) is 0 Å². The van der Waals surface area contributed by atoms with E-state index < -0.39 is 0 Å². The van der Waals surface area contributed by atoms with Crippen LogP contribution in [0.4, 0.5) is 0 Å². The topological polar surface area (TPSA) is 16.1 Å². The Hall–Kier alpha value is -2.19. The third-order valence-electron chi connectivity index (χ3n) is 5.18. The molecule has 24 heavy (non-hydrogen) atoms. The first kappa shape index (κ1) is 15.3. The maximum Gasteiger partial charge on any atom is 0.0550 e. The van der Waals surface area contributed by atoms with E-state index in [2.05, 4.69) is 71.4 Å². The molecule has 0 unspecified atom stereocenters. The lowest BCUT2D eigenvalue weighted by atomic mass is 9.97. The van der Waals surface area contributed by atoms with Crippen molar-refractivity contribution in [2.45, 2.75) is 26.3 Å². The standard InChI is InChI=1S/C22H24N2/c1-17-10-13-24(14-11-17)16-20-15-19(9-12-23-20)22-8-4-6-18-5-2-3-7-21(18)22/h2-9,12,15,17H,10-11,13-14,16H2,1H3. The quantitative estimate of drug-likeness (QED) is 0.665. The highest BCUT2D eigenvalue weighted by Crippen LogP contribution is 2.29. The van der Waals surface area contributed by atoms with Crippen molar-refractivity contribution < 1.29 is 0 Å². The summed E-state index contributed by atoms with van der Waals surface area (Å²) in [4.78, 5) is 7.15. The molecule has 1 aliphatic heterocycles. The molecule has 122 valence electrons. The number of hydrogen-bond donors (Lipinski definition) is 0. The monoisotopic (exact) mass is 316 g/mol. The van der Waals surface area contributed by atoms with Crippen molar-refractivity contribution in [2.24, 2.45) is 5.92 Å². The number of likely N-dealkylation sites (tertiary alicyclic amines) is 1. The van der Waals surface area contributed by atoms with Crippen LogP contribution in [0.2, 0.25) is 0 Å². The van der Waals surface area contributed by atoms with Gasteiger partial charge in [-0.3, -0.25) is 9.88 Å². The maximum absolute atomic E-state index is 4.62. The minimum atomic E-state index is 0.872. The molecule has 1 fully saturated rings. The van der Waals surface area contributed by atoms with Crippen molar-refractivity contribution in [2.75, 3.05) is 13.1 Å². The molecule has 2 nitrogen and oxygen atoms in total. The van der Waals surface area contributed by atoms with Crippen LogP contribution in [0, 0.1) is 5.92 Å². The lowest BCUT2D eigenvalue weighted by Crippen LogP contribution is -2.32. The van der Waals surface area contributed by atoms with E-state index in [1.807, 2.05) is 6.20 Å². The number of pyridine rings is 1. The van der Waals surface area contributed by atoms with Gasteiger partial charge in [-0.1, -0.05) is 49.4 Å². The average Bonchev–Trinajstić information content (AvgIpc) is 2.63. The van der Waals surface area contributed by atoms with Crippen LogP contribution < -0.4 is 0 Å². The van der Waals surface area contributed by atoms with Gasteiger partial charge in [0.1, 0.15) is 0 Å². The average molecular weight is 316 g/mol. The SMILES string of the molecule is CC1CCN(Cc2cc(-c3cccc4ccccc34)ccn2)CC1. The Labute approximate surface area is 144 Å². The first-order valence-corrected chi connectivity index (χ1v) is 8.95. The number of hydrogen-bond acceptors (Lipinski definition) is 2. The van der Waals surface area contributed by atoms with E-state index in [9.17, 15) is 0 Å². The van der Waals surface area contributed by atoms with Crippen molar-refractivity contribution in [3.8, 4) is 11.1 Å². The van der Waals surface area contributed by atoms with Gasteiger partial charge in [-0.05, 0) is 65.9 Å². The summed E-state index contributed by atoms with van der Waals surface area (Å²) in [6.45, 7) is 5.71. The zero-order valence-corrected chi connectivity index (χ0v) is 14.3. The molecule has 0 N–H and O–H groups in total. The lowest BCUT2D eigenvalue weighted by Gasteiger charge is -2.29. The van der Waals surface area contributed by atoms with Crippen molar-refractivity contribution in [1.82, 2.24) is 9.88 Å². The number of nitrogens with zero attached hydrogens (tertiary/aromatic N) is 2. The van der Waals surface area contributed by atoms with Gasteiger partial charge in [0.05, 0.1) is 5.69 Å². The van der Waals surface area contributed by atoms with Gasteiger partial charge in [0, 0.05) is 12.7 Å². The van der Waals surface area contributed by atoms with Crippen molar-refractivity contribution in [1.29, 1.82) is 0 Å². The zero-order valence-electron chi connectivity index (χ0n) is 14.3.